The third-order valence-electron chi connectivity index (χ3n) is 1.32. The van der Waals surface area contributed by atoms with Crippen LogP contribution in [0, 0.1) is 4.91 Å². The number of aldehydes is 1. The molecule has 0 aromatic heterocycles. The van der Waals surface area contributed by atoms with Crippen LogP contribution in [-0.4, -0.2) is 11.4 Å². The van der Waals surface area contributed by atoms with Crippen molar-refractivity contribution in [2.45, 2.75) is 13.3 Å². The Morgan fingerprint density at radius 1 is 1.54 bits per heavy atom. The molecule has 0 aliphatic carbocycles. The molecule has 0 rings (SSSR count). The van der Waals surface area contributed by atoms with Crippen molar-refractivity contribution in [2.24, 2.45) is 5.18 Å². The lowest BCUT2D eigenvalue weighted by atomic mass is 10.1. The molecule has 0 aromatic rings. The zero-order valence-corrected chi connectivity index (χ0v) is 7.30. The normalized spacial score (nSPS) is 13.3. The summed E-state index contributed by atoms with van der Waals surface area (Å²) in [7, 11) is 0. The van der Waals surface area contributed by atoms with Gasteiger partial charge in [0.25, 0.3) is 0 Å². The predicted octanol–water partition coefficient (Wildman–Crippen LogP) is 2.24. The molecule has 0 saturated heterocycles. The minimum atomic E-state index is -0.220. The van der Waals surface area contributed by atoms with Gasteiger partial charge >= 0.3 is 0 Å². The van der Waals surface area contributed by atoms with Gasteiger partial charge in [0, 0.05) is 0 Å². The van der Waals surface area contributed by atoms with Crippen LogP contribution in [0.1, 0.15) is 13.3 Å². The summed E-state index contributed by atoms with van der Waals surface area (Å²) >= 11 is 0. The maximum Gasteiger partial charge on any atom is 0.142 e. The van der Waals surface area contributed by atoms with Crippen molar-refractivity contribution in [1.29, 1.82) is 0 Å². The maximum atomic E-state index is 9.98. The van der Waals surface area contributed by atoms with Gasteiger partial charge < -0.3 is 5.11 Å². The monoisotopic (exact) mass is 181 g/mol. The highest BCUT2D eigenvalue weighted by Gasteiger charge is 1.91. The quantitative estimate of drug-likeness (QED) is 0.232. The average Bonchev–Trinajstić information content (AvgIpc) is 2.12. The number of allylic oxidation sites excluding steroid dienone is 4. The van der Waals surface area contributed by atoms with Gasteiger partial charge in [0.05, 0.1) is 0 Å². The second kappa shape index (κ2) is 6.97. The molecule has 0 heterocycles. The molecule has 0 spiro atoms. The number of nitrogens with zero attached hydrogens (tertiary/aromatic N) is 1. The number of carbonyl (C=O) groups excluding carboxylic acids is 1. The summed E-state index contributed by atoms with van der Waals surface area (Å²) < 4.78 is 0. The van der Waals surface area contributed by atoms with E-state index in [0.29, 0.717) is 12.7 Å². The molecule has 0 saturated carbocycles. The highest BCUT2D eigenvalue weighted by Crippen LogP contribution is 2.05. The van der Waals surface area contributed by atoms with Crippen LogP contribution in [0.25, 0.3) is 0 Å². The van der Waals surface area contributed by atoms with Crippen LogP contribution >= 0.6 is 0 Å². The van der Waals surface area contributed by atoms with Crippen LogP contribution in [-0.2, 0) is 4.79 Å². The van der Waals surface area contributed by atoms with Gasteiger partial charge in [-0.25, -0.2) is 0 Å². The van der Waals surface area contributed by atoms with Gasteiger partial charge in [-0.05, 0) is 29.3 Å². The van der Waals surface area contributed by atoms with E-state index in [1.165, 1.54) is 12.2 Å². The molecule has 70 valence electrons. The van der Waals surface area contributed by atoms with Crippen LogP contribution in [0.2, 0.25) is 0 Å². The Hall–Kier alpha value is -1.71. The molecular formula is C9H11NO3. The van der Waals surface area contributed by atoms with Crippen molar-refractivity contribution >= 4 is 6.29 Å². The first-order valence-electron chi connectivity index (χ1n) is 3.78. The van der Waals surface area contributed by atoms with E-state index in [4.69, 9.17) is 5.11 Å². The van der Waals surface area contributed by atoms with Crippen molar-refractivity contribution in [2.75, 3.05) is 0 Å². The van der Waals surface area contributed by atoms with E-state index in [1.807, 2.05) is 6.92 Å². The van der Waals surface area contributed by atoms with Gasteiger partial charge in [-0.3, -0.25) is 4.79 Å². The van der Waals surface area contributed by atoms with Crippen LogP contribution in [0.15, 0.2) is 40.9 Å². The van der Waals surface area contributed by atoms with Gasteiger partial charge in [0.1, 0.15) is 18.2 Å². The molecule has 4 heteroatoms. The summed E-state index contributed by atoms with van der Waals surface area (Å²) in [4.78, 5) is 19.7. The van der Waals surface area contributed by atoms with E-state index >= 15 is 0 Å². The third-order valence-corrected chi connectivity index (χ3v) is 1.32. The highest BCUT2D eigenvalue weighted by atomic mass is 16.3. The van der Waals surface area contributed by atoms with Gasteiger partial charge in [-0.2, -0.15) is 0 Å². The minimum absolute atomic E-state index is 0.220. The molecule has 0 amide bonds. The Bertz CT molecular complexity index is 264. The van der Waals surface area contributed by atoms with Gasteiger partial charge in [-0.15, -0.1) is 4.91 Å². The lowest BCUT2D eigenvalue weighted by Gasteiger charge is -1.94. The maximum absolute atomic E-state index is 9.98. The molecule has 0 aliphatic heterocycles. The van der Waals surface area contributed by atoms with E-state index in [2.05, 4.69) is 5.18 Å². The fraction of sp³-hybridized carbons (Fsp3) is 0.222. The standard InChI is InChI=1S/C9H11NO3/c1-2-8(4-3-5-11)6-9(12)7-10-13/h3-7,12H,2H2,1H3/b4-3+,8-6+,9-7-. The first kappa shape index (κ1) is 11.3. The van der Waals surface area contributed by atoms with Crippen molar-refractivity contribution in [3.05, 3.63) is 40.7 Å². The van der Waals surface area contributed by atoms with E-state index in [1.54, 1.807) is 6.08 Å². The molecular weight excluding hydrogens is 170 g/mol. The fourth-order valence-electron chi connectivity index (χ4n) is 0.712. The average molecular weight is 181 g/mol. The Balaban J connectivity index is 4.54. The van der Waals surface area contributed by atoms with E-state index < -0.39 is 0 Å². The summed E-state index contributed by atoms with van der Waals surface area (Å²) in [6, 6.07) is 0. The summed E-state index contributed by atoms with van der Waals surface area (Å²) in [6.45, 7) is 1.86. The minimum Gasteiger partial charge on any atom is -0.506 e. The summed E-state index contributed by atoms with van der Waals surface area (Å²) in [6.07, 6.45) is 6.34. The number of hydrogen-bond donors (Lipinski definition) is 1. The highest BCUT2D eigenvalue weighted by molar-refractivity contribution is 5.65. The fourth-order valence-corrected chi connectivity index (χ4v) is 0.712. The molecule has 4 nitrogen and oxygen atoms in total. The Morgan fingerprint density at radius 2 is 2.23 bits per heavy atom. The smallest absolute Gasteiger partial charge is 0.142 e. The van der Waals surface area contributed by atoms with Crippen molar-refractivity contribution in [3.63, 3.8) is 0 Å². The number of rotatable bonds is 5. The van der Waals surface area contributed by atoms with E-state index in [0.717, 1.165) is 11.8 Å². The summed E-state index contributed by atoms with van der Waals surface area (Å²) in [5.74, 6) is -0.220. The lowest BCUT2D eigenvalue weighted by molar-refractivity contribution is -0.104. The molecule has 0 radical (unpaired) electrons. The molecule has 0 aromatic carbocycles. The number of nitroso groups, excluding NO2 is 1. The van der Waals surface area contributed by atoms with Crippen molar-refractivity contribution in [1.82, 2.24) is 0 Å². The summed E-state index contributed by atoms with van der Waals surface area (Å²) in [5, 5.41) is 11.4. The predicted molar refractivity (Wildman–Crippen MR) is 50.1 cm³/mol. The van der Waals surface area contributed by atoms with Crippen molar-refractivity contribution in [3.8, 4) is 0 Å². The zero-order valence-electron chi connectivity index (χ0n) is 7.30. The molecule has 0 bridgehead atoms. The first-order chi connectivity index (χ1) is 6.24. The van der Waals surface area contributed by atoms with E-state index in [9.17, 15) is 9.70 Å². The molecule has 0 aliphatic rings. The Morgan fingerprint density at radius 3 is 2.69 bits per heavy atom. The largest absolute Gasteiger partial charge is 0.506 e. The molecule has 0 atom stereocenters. The SMILES string of the molecule is CCC(/C=C/C=O)=C\C(O)=C\N=O. The van der Waals surface area contributed by atoms with Crippen molar-refractivity contribution < 1.29 is 9.90 Å². The number of aliphatic hydroxyl groups excluding tert-OH is 1. The lowest BCUT2D eigenvalue weighted by Crippen LogP contribution is -1.79. The molecule has 0 fully saturated rings. The van der Waals surface area contributed by atoms with Gasteiger partial charge in [0.2, 0.25) is 0 Å². The number of hydrogen-bond acceptors (Lipinski definition) is 4. The van der Waals surface area contributed by atoms with Crippen LogP contribution < -0.4 is 0 Å². The first-order valence-corrected chi connectivity index (χ1v) is 3.78. The Labute approximate surface area is 76.2 Å². The number of aliphatic hydroxyl groups is 1. The van der Waals surface area contributed by atoms with Gasteiger partial charge in [0.15, 0.2) is 0 Å². The zero-order chi connectivity index (χ0) is 10.1. The molecule has 1 N–H and O–H groups in total. The number of carbonyl (C=O) groups is 1. The van der Waals surface area contributed by atoms with Gasteiger partial charge in [-0.1, -0.05) is 13.0 Å². The second-order valence-corrected chi connectivity index (χ2v) is 2.23. The Kier molecular flexibility index (Phi) is 6.05. The topological polar surface area (TPSA) is 66.7 Å². The van der Waals surface area contributed by atoms with Crippen LogP contribution in [0.3, 0.4) is 0 Å². The second-order valence-electron chi connectivity index (χ2n) is 2.23. The summed E-state index contributed by atoms with van der Waals surface area (Å²) in [5.41, 5.74) is 0.740. The molecule has 13 heavy (non-hydrogen) atoms. The third kappa shape index (κ3) is 5.55. The van der Waals surface area contributed by atoms with Crippen LogP contribution in [0.5, 0.6) is 0 Å². The van der Waals surface area contributed by atoms with E-state index in [-0.39, 0.29) is 5.76 Å². The molecule has 0 unspecified atom stereocenters. The van der Waals surface area contributed by atoms with Crippen LogP contribution in [0.4, 0.5) is 0 Å².